The van der Waals surface area contributed by atoms with Crippen molar-refractivity contribution in [2.75, 3.05) is 30.5 Å². The largest absolute Gasteiger partial charge is 1.00 e. The summed E-state index contributed by atoms with van der Waals surface area (Å²) in [6.07, 6.45) is 23.8. The zero-order valence-electron chi connectivity index (χ0n) is 38.9. The molecule has 21 heteroatoms. The Kier molecular flexibility index (Phi) is 38.9. The molecular weight excluding hydrogens is 894 g/mol. The van der Waals surface area contributed by atoms with Crippen LogP contribution < -0.4 is 80.3 Å². The molecule has 356 valence electrons. The van der Waals surface area contributed by atoms with E-state index < -0.39 is 71.2 Å². The molecule has 1 fully saturated rings. The number of nitrogen functional groups attached to an aromatic ring is 1. The van der Waals surface area contributed by atoms with E-state index in [4.69, 9.17) is 19.7 Å². The van der Waals surface area contributed by atoms with Crippen LogP contribution in [0.3, 0.4) is 0 Å². The maximum Gasteiger partial charge on any atom is 1.00 e. The Bertz CT molecular complexity index is 1470. The molecule has 0 saturated carbocycles. The number of hydrogen-bond donors (Lipinski definition) is 3. The van der Waals surface area contributed by atoms with E-state index in [0.717, 1.165) is 48.8 Å². The number of phosphoric acid groups is 2. The van der Waals surface area contributed by atoms with Gasteiger partial charge in [0.25, 0.3) is 15.6 Å². The van der Waals surface area contributed by atoms with Gasteiger partial charge in [-0.1, -0.05) is 162 Å². The van der Waals surface area contributed by atoms with Gasteiger partial charge in [-0.2, -0.15) is 16.7 Å². The van der Waals surface area contributed by atoms with Crippen LogP contribution in [0.4, 0.5) is 5.82 Å². The molecule has 0 aliphatic carbocycles. The number of carbonyl (C=O) groups is 1. The molecule has 4 N–H and O–H groups in total. The van der Waals surface area contributed by atoms with Gasteiger partial charge in [0.2, 0.25) is 0 Å². The molecule has 1 aliphatic heterocycles. The summed E-state index contributed by atoms with van der Waals surface area (Å²) in [5.74, 6) is 0.425. The van der Waals surface area contributed by atoms with Crippen LogP contribution in [0.2, 0.25) is 0 Å². The van der Waals surface area contributed by atoms with Crippen LogP contribution in [0, 0.1) is 0 Å². The van der Waals surface area contributed by atoms with Crippen molar-refractivity contribution >= 4 is 39.2 Å². The van der Waals surface area contributed by atoms with E-state index >= 15 is 0 Å². The molecule has 1 aliphatic rings. The van der Waals surface area contributed by atoms with Crippen LogP contribution in [0.25, 0.3) is 0 Å². The standard InChI is InChI=1S/C42H79N3O13P2S.2Na/c1-3-5-7-9-11-13-15-16-17-19-21-23-25-27-31-61-34-35(56-38(46)28-26-24-22-20-18-14-12-10-8-6-4-2)32-54-59(50,51)58-60(52,53)55-33-36-39(47)40(48)41(57-36)45-30-29-37(43)44-42(45)49;;/h29-30,35-36,39-41,47-48H,3-28,31-34H2,1-2H3,(H,50,51)(H,52,53)(H2,43,44,49);;/q;2*+1/p-2. The first-order valence-corrected chi connectivity index (χ1v) is 27.1. The van der Waals surface area contributed by atoms with Crippen molar-refractivity contribution in [3.05, 3.63) is 22.7 Å². The molecule has 16 nitrogen and oxygen atoms in total. The molecule has 1 aromatic rings. The smallest absolute Gasteiger partial charge is 0.756 e. The second-order valence-corrected chi connectivity index (χ2v) is 20.3. The number of thioether (sulfide) groups is 1. The molecule has 0 aromatic carbocycles. The Labute approximate surface area is 425 Å². The minimum atomic E-state index is -5.63. The summed E-state index contributed by atoms with van der Waals surface area (Å²) in [6.45, 7) is 2.81. The Balaban J connectivity index is 0.0000192. The summed E-state index contributed by atoms with van der Waals surface area (Å²) >= 11 is 1.50. The predicted octanol–water partition coefficient (Wildman–Crippen LogP) is 2.27. The zero-order chi connectivity index (χ0) is 44.8. The molecule has 1 aromatic heterocycles. The van der Waals surface area contributed by atoms with Gasteiger partial charge in [-0.15, -0.1) is 0 Å². The first-order valence-electron chi connectivity index (χ1n) is 23.0. The second kappa shape index (κ2) is 38.5. The van der Waals surface area contributed by atoms with Crippen molar-refractivity contribution in [1.82, 2.24) is 9.55 Å². The number of hydrogen-bond acceptors (Lipinski definition) is 16. The first-order chi connectivity index (χ1) is 29.3. The van der Waals surface area contributed by atoms with Gasteiger partial charge in [0.1, 0.15) is 30.2 Å². The number of carbonyl (C=O) groups excluding carboxylic acids is 1. The van der Waals surface area contributed by atoms with Gasteiger partial charge >= 0.3 is 70.8 Å². The van der Waals surface area contributed by atoms with E-state index in [1.165, 1.54) is 140 Å². The average molecular weight is 972 g/mol. The van der Waals surface area contributed by atoms with Crippen molar-refractivity contribution in [2.24, 2.45) is 0 Å². The average Bonchev–Trinajstić information content (AvgIpc) is 3.49. The van der Waals surface area contributed by atoms with Gasteiger partial charge in [0.15, 0.2) is 6.23 Å². The molecule has 2 rings (SSSR count). The molecule has 0 radical (unpaired) electrons. The van der Waals surface area contributed by atoms with Gasteiger partial charge in [0, 0.05) is 18.4 Å². The molecule has 1 saturated heterocycles. The molecule has 0 amide bonds. The summed E-state index contributed by atoms with van der Waals surface area (Å²) in [4.78, 5) is 53.7. The van der Waals surface area contributed by atoms with Gasteiger partial charge in [0.05, 0.1) is 13.2 Å². The van der Waals surface area contributed by atoms with Crippen LogP contribution >= 0.6 is 27.4 Å². The van der Waals surface area contributed by atoms with E-state index in [1.807, 2.05) is 0 Å². The topological polar surface area (TPSA) is 245 Å². The monoisotopic (exact) mass is 971 g/mol. The van der Waals surface area contributed by atoms with Crippen LogP contribution in [0.15, 0.2) is 17.1 Å². The number of anilines is 1. The van der Waals surface area contributed by atoms with Crippen molar-refractivity contribution in [3.8, 4) is 0 Å². The van der Waals surface area contributed by atoms with Gasteiger partial charge in [-0.3, -0.25) is 18.5 Å². The van der Waals surface area contributed by atoms with E-state index in [1.54, 1.807) is 0 Å². The third kappa shape index (κ3) is 30.7. The number of esters is 1. The second-order valence-electron chi connectivity index (χ2n) is 16.2. The Morgan fingerprint density at radius 2 is 1.24 bits per heavy atom. The minimum absolute atomic E-state index is 0. The summed E-state index contributed by atoms with van der Waals surface area (Å²) in [5, 5.41) is 20.8. The SMILES string of the molecule is CCCCCCCCCCCCCCCCSCC(COP(=O)([O-])OP(=O)([O-])OCC1OC(n2ccc(N)nc2=O)C(O)C1O)OC(=O)CCCCCCCCCCCCC.[Na+].[Na+]. The summed E-state index contributed by atoms with van der Waals surface area (Å²) in [7, 11) is -11.2. The number of phosphoric ester groups is 2. The van der Waals surface area contributed by atoms with E-state index in [9.17, 15) is 38.7 Å². The molecule has 0 spiro atoms. The quantitative estimate of drug-likeness (QED) is 0.0371. The predicted molar refractivity (Wildman–Crippen MR) is 236 cm³/mol. The first kappa shape index (κ1) is 63.6. The van der Waals surface area contributed by atoms with Gasteiger partial charge in [-0.25, -0.2) is 9.11 Å². The van der Waals surface area contributed by atoms with E-state index in [2.05, 4.69) is 27.7 Å². The zero-order valence-corrected chi connectivity index (χ0v) is 45.5. The number of rotatable bonds is 39. The number of nitrogens with two attached hydrogens (primary N) is 1. The molecule has 63 heavy (non-hydrogen) atoms. The number of nitrogens with zero attached hydrogens (tertiary/aromatic N) is 2. The molecular formula is C42H77N3Na2O13P2S. The summed E-state index contributed by atoms with van der Waals surface area (Å²) in [6, 6.07) is 1.25. The van der Waals surface area contributed by atoms with Crippen LogP contribution in [0.1, 0.15) is 187 Å². The molecule has 7 unspecified atom stereocenters. The summed E-state index contributed by atoms with van der Waals surface area (Å²) < 4.78 is 50.9. The Hall–Kier alpha value is 0.640. The fourth-order valence-corrected chi connectivity index (χ4v) is 10.2. The van der Waals surface area contributed by atoms with Crippen LogP contribution in [0.5, 0.6) is 0 Å². The maximum atomic E-state index is 12.8. The van der Waals surface area contributed by atoms with Crippen molar-refractivity contribution in [1.29, 1.82) is 0 Å². The van der Waals surface area contributed by atoms with Crippen molar-refractivity contribution in [2.45, 2.75) is 211 Å². The fourth-order valence-electron chi connectivity index (χ4n) is 7.13. The van der Waals surface area contributed by atoms with Crippen molar-refractivity contribution < 1.29 is 116 Å². The Morgan fingerprint density at radius 3 is 1.73 bits per heavy atom. The molecule has 2 heterocycles. The maximum absolute atomic E-state index is 12.8. The minimum Gasteiger partial charge on any atom is -0.756 e. The molecule has 7 atom stereocenters. The number of aliphatic hydroxyl groups excluding tert-OH is 2. The van der Waals surface area contributed by atoms with Crippen LogP contribution in [-0.4, -0.2) is 74.9 Å². The third-order valence-electron chi connectivity index (χ3n) is 10.7. The third-order valence-corrected chi connectivity index (χ3v) is 14.4. The van der Waals surface area contributed by atoms with Crippen molar-refractivity contribution in [3.63, 3.8) is 0 Å². The van der Waals surface area contributed by atoms with Gasteiger partial charge in [-0.05, 0) is 24.7 Å². The molecule has 0 bridgehead atoms. The van der Waals surface area contributed by atoms with Crippen LogP contribution in [-0.2, 0) is 36.8 Å². The number of ether oxygens (including phenoxy) is 2. The fraction of sp³-hybridized carbons (Fsp3) is 0.881. The number of unbranched alkanes of at least 4 members (excludes halogenated alkanes) is 23. The normalized spacial score (nSPS) is 19.7. The Morgan fingerprint density at radius 1 is 0.778 bits per heavy atom. The number of aliphatic hydroxyl groups is 2. The summed E-state index contributed by atoms with van der Waals surface area (Å²) in [5.41, 5.74) is 4.59. The van der Waals surface area contributed by atoms with Gasteiger partial charge < -0.3 is 44.3 Å². The van der Waals surface area contributed by atoms with E-state index in [-0.39, 0.29) is 77.1 Å². The number of aromatic nitrogens is 2. The van der Waals surface area contributed by atoms with E-state index in [0.29, 0.717) is 6.42 Å².